The number of anilines is 1. The average Bonchev–Trinajstić information content (AvgIpc) is 3.30. The van der Waals surface area contributed by atoms with Gasteiger partial charge in [-0.25, -0.2) is 0 Å². The molecule has 162 valence electrons. The number of hydrogen-bond acceptors (Lipinski definition) is 5. The fraction of sp³-hybridized carbons (Fsp3) is 0.200. The van der Waals surface area contributed by atoms with Crippen molar-refractivity contribution in [2.75, 3.05) is 24.8 Å². The Bertz CT molecular complexity index is 1150. The minimum atomic E-state index is -0.582. The lowest BCUT2D eigenvalue weighted by Gasteiger charge is -2.39. The standard InChI is InChI=1S/C25H22N2O5/c1-17-24(28)27(19-8-10-21(11-9-19)32-20-5-3-2-4-6-20)14-13-26(17)25(29)18-7-12-22-23(15-18)31-16-30-22/h2-12,15,17H,13-14,16H2,1H3. The van der Waals surface area contributed by atoms with E-state index >= 15 is 0 Å². The van der Waals surface area contributed by atoms with Crippen LogP contribution in [-0.2, 0) is 4.79 Å². The maximum absolute atomic E-state index is 13.1. The van der Waals surface area contributed by atoms with Crippen molar-refractivity contribution in [2.24, 2.45) is 0 Å². The summed E-state index contributed by atoms with van der Waals surface area (Å²) in [6.45, 7) is 2.75. The zero-order valence-electron chi connectivity index (χ0n) is 17.6. The van der Waals surface area contributed by atoms with Gasteiger partial charge in [-0.1, -0.05) is 18.2 Å². The summed E-state index contributed by atoms with van der Waals surface area (Å²) in [5.74, 6) is 2.29. The molecule has 0 radical (unpaired) electrons. The normalized spacial score (nSPS) is 17.4. The second-order valence-electron chi connectivity index (χ2n) is 7.64. The number of piperazine rings is 1. The number of rotatable bonds is 4. The third kappa shape index (κ3) is 3.73. The molecule has 0 aromatic heterocycles. The van der Waals surface area contributed by atoms with Crippen LogP contribution >= 0.6 is 0 Å². The zero-order chi connectivity index (χ0) is 22.1. The van der Waals surface area contributed by atoms with E-state index in [0.29, 0.717) is 35.9 Å². The van der Waals surface area contributed by atoms with Gasteiger partial charge in [-0.05, 0) is 61.5 Å². The third-order valence-electron chi connectivity index (χ3n) is 5.66. The van der Waals surface area contributed by atoms with Crippen LogP contribution in [0.15, 0.2) is 72.8 Å². The summed E-state index contributed by atoms with van der Waals surface area (Å²) in [7, 11) is 0. The Kier molecular flexibility index (Phi) is 5.15. The molecular weight excluding hydrogens is 408 g/mol. The number of fused-ring (bicyclic) bond motifs is 1. The minimum Gasteiger partial charge on any atom is -0.457 e. The van der Waals surface area contributed by atoms with Gasteiger partial charge in [-0.3, -0.25) is 9.59 Å². The van der Waals surface area contributed by atoms with Crippen LogP contribution in [0.4, 0.5) is 5.69 Å². The summed E-state index contributed by atoms with van der Waals surface area (Å²) in [6, 6.07) is 21.4. The Labute approximate surface area is 185 Å². The van der Waals surface area contributed by atoms with Crippen LogP contribution in [-0.4, -0.2) is 42.6 Å². The molecule has 1 unspecified atom stereocenters. The van der Waals surface area contributed by atoms with Crippen LogP contribution in [0.25, 0.3) is 0 Å². The van der Waals surface area contributed by atoms with Crippen LogP contribution in [0.3, 0.4) is 0 Å². The van der Waals surface area contributed by atoms with Crippen LogP contribution in [0.5, 0.6) is 23.0 Å². The highest BCUT2D eigenvalue weighted by Crippen LogP contribution is 2.33. The molecule has 2 aliphatic heterocycles. The van der Waals surface area contributed by atoms with E-state index in [-0.39, 0.29) is 18.6 Å². The van der Waals surface area contributed by atoms with Crippen molar-refractivity contribution >= 4 is 17.5 Å². The number of carbonyl (C=O) groups excluding carboxylic acids is 2. The number of carbonyl (C=O) groups is 2. The summed E-state index contributed by atoms with van der Waals surface area (Å²) in [5, 5.41) is 0. The fourth-order valence-corrected chi connectivity index (χ4v) is 3.92. The molecule has 2 aliphatic rings. The van der Waals surface area contributed by atoms with Crippen molar-refractivity contribution in [3.8, 4) is 23.0 Å². The molecule has 1 atom stereocenters. The number of nitrogens with zero attached hydrogens (tertiary/aromatic N) is 2. The van der Waals surface area contributed by atoms with Crippen molar-refractivity contribution in [2.45, 2.75) is 13.0 Å². The third-order valence-corrected chi connectivity index (χ3v) is 5.66. The number of para-hydroxylation sites is 1. The lowest BCUT2D eigenvalue weighted by molar-refractivity contribution is -0.124. The van der Waals surface area contributed by atoms with E-state index in [4.69, 9.17) is 14.2 Å². The second-order valence-corrected chi connectivity index (χ2v) is 7.64. The molecule has 3 aromatic carbocycles. The van der Waals surface area contributed by atoms with E-state index in [1.807, 2.05) is 54.6 Å². The van der Waals surface area contributed by atoms with E-state index in [1.54, 1.807) is 34.9 Å². The Morgan fingerprint density at radius 2 is 1.62 bits per heavy atom. The van der Waals surface area contributed by atoms with Crippen molar-refractivity contribution < 1.29 is 23.8 Å². The molecular formula is C25H22N2O5. The highest BCUT2D eigenvalue weighted by atomic mass is 16.7. The van der Waals surface area contributed by atoms with E-state index in [2.05, 4.69) is 0 Å². The number of hydrogen-bond donors (Lipinski definition) is 0. The summed E-state index contributed by atoms with van der Waals surface area (Å²) in [5.41, 5.74) is 1.25. The van der Waals surface area contributed by atoms with E-state index in [1.165, 1.54) is 0 Å². The van der Waals surface area contributed by atoms with Gasteiger partial charge in [0.1, 0.15) is 17.5 Å². The van der Waals surface area contributed by atoms with Crippen LogP contribution < -0.4 is 19.1 Å². The second kappa shape index (κ2) is 8.26. The molecule has 0 aliphatic carbocycles. The van der Waals surface area contributed by atoms with E-state index in [0.717, 1.165) is 11.4 Å². The van der Waals surface area contributed by atoms with Gasteiger partial charge < -0.3 is 24.0 Å². The summed E-state index contributed by atoms with van der Waals surface area (Å²) in [6.07, 6.45) is 0. The zero-order valence-corrected chi connectivity index (χ0v) is 17.6. The average molecular weight is 430 g/mol. The monoisotopic (exact) mass is 430 g/mol. The maximum Gasteiger partial charge on any atom is 0.254 e. The topological polar surface area (TPSA) is 68.3 Å². The van der Waals surface area contributed by atoms with Crippen LogP contribution in [0, 0.1) is 0 Å². The molecule has 3 aromatic rings. The number of amides is 2. The summed E-state index contributed by atoms with van der Waals surface area (Å²) >= 11 is 0. The SMILES string of the molecule is CC1C(=O)N(c2ccc(Oc3ccccc3)cc2)CCN1C(=O)c1ccc2c(c1)OCO2. The molecule has 1 fully saturated rings. The quantitative estimate of drug-likeness (QED) is 0.624. The smallest absolute Gasteiger partial charge is 0.254 e. The molecule has 7 nitrogen and oxygen atoms in total. The Morgan fingerprint density at radius 3 is 2.41 bits per heavy atom. The Balaban J connectivity index is 1.27. The molecule has 5 rings (SSSR count). The van der Waals surface area contributed by atoms with Gasteiger partial charge >= 0.3 is 0 Å². The minimum absolute atomic E-state index is 0.123. The van der Waals surface area contributed by atoms with Gasteiger partial charge in [0.25, 0.3) is 5.91 Å². The molecule has 1 saturated heterocycles. The van der Waals surface area contributed by atoms with Gasteiger partial charge in [0.15, 0.2) is 11.5 Å². The van der Waals surface area contributed by atoms with Crippen molar-refractivity contribution in [3.05, 3.63) is 78.4 Å². The number of ether oxygens (including phenoxy) is 3. The molecule has 0 spiro atoms. The van der Waals surface area contributed by atoms with E-state index in [9.17, 15) is 9.59 Å². The van der Waals surface area contributed by atoms with Gasteiger partial charge in [0.05, 0.1) is 0 Å². The first-order chi connectivity index (χ1) is 15.6. The van der Waals surface area contributed by atoms with Gasteiger partial charge in [0.2, 0.25) is 12.7 Å². The lowest BCUT2D eigenvalue weighted by atomic mass is 10.1. The molecule has 7 heteroatoms. The fourth-order valence-electron chi connectivity index (χ4n) is 3.92. The van der Waals surface area contributed by atoms with Crippen molar-refractivity contribution in [3.63, 3.8) is 0 Å². The molecule has 0 N–H and O–H groups in total. The van der Waals surface area contributed by atoms with Gasteiger partial charge in [-0.15, -0.1) is 0 Å². The molecule has 2 heterocycles. The molecule has 32 heavy (non-hydrogen) atoms. The van der Waals surface area contributed by atoms with Crippen molar-refractivity contribution in [1.82, 2.24) is 4.90 Å². The first kappa shape index (κ1) is 19.9. The Hall–Kier alpha value is -4.00. The highest BCUT2D eigenvalue weighted by molar-refractivity contribution is 6.03. The van der Waals surface area contributed by atoms with Crippen LogP contribution in [0.2, 0.25) is 0 Å². The van der Waals surface area contributed by atoms with Crippen molar-refractivity contribution in [1.29, 1.82) is 0 Å². The summed E-state index contributed by atoms with van der Waals surface area (Å²) in [4.78, 5) is 29.5. The van der Waals surface area contributed by atoms with Crippen LogP contribution in [0.1, 0.15) is 17.3 Å². The van der Waals surface area contributed by atoms with E-state index < -0.39 is 6.04 Å². The Morgan fingerprint density at radius 1 is 0.906 bits per heavy atom. The van der Waals surface area contributed by atoms with Gasteiger partial charge in [0, 0.05) is 24.3 Å². The summed E-state index contributed by atoms with van der Waals surface area (Å²) < 4.78 is 16.5. The first-order valence-electron chi connectivity index (χ1n) is 10.4. The number of benzene rings is 3. The maximum atomic E-state index is 13.1. The highest BCUT2D eigenvalue weighted by Gasteiger charge is 2.35. The largest absolute Gasteiger partial charge is 0.457 e. The first-order valence-corrected chi connectivity index (χ1v) is 10.4. The lowest BCUT2D eigenvalue weighted by Crippen LogP contribution is -2.57. The molecule has 0 bridgehead atoms. The molecule has 0 saturated carbocycles. The van der Waals surface area contributed by atoms with Gasteiger partial charge in [-0.2, -0.15) is 0 Å². The predicted octanol–water partition coefficient (Wildman–Crippen LogP) is 4.09. The predicted molar refractivity (Wildman–Crippen MR) is 118 cm³/mol. The molecule has 2 amide bonds.